The van der Waals surface area contributed by atoms with Gasteiger partial charge in [-0.2, -0.15) is 0 Å². The first kappa shape index (κ1) is 23.8. The fourth-order valence-corrected chi connectivity index (χ4v) is 5.62. The smallest absolute Gasteiger partial charge is 0.341 e. The number of fused-ring (bicyclic) bond motifs is 1. The maximum Gasteiger partial charge on any atom is 0.341 e. The largest absolute Gasteiger partial charge is 0.462 e. The van der Waals surface area contributed by atoms with Crippen molar-refractivity contribution in [1.82, 2.24) is 4.90 Å². The topological polar surface area (TPSA) is 92.8 Å². The van der Waals surface area contributed by atoms with E-state index in [9.17, 15) is 19.2 Å². The predicted molar refractivity (Wildman–Crippen MR) is 132 cm³/mol. The normalized spacial score (nSPS) is 12.7. The van der Waals surface area contributed by atoms with Crippen molar-refractivity contribution in [3.8, 4) is 10.4 Å². The van der Waals surface area contributed by atoms with E-state index >= 15 is 0 Å². The van der Waals surface area contributed by atoms with Gasteiger partial charge in [0.25, 0.3) is 11.8 Å². The Morgan fingerprint density at radius 1 is 0.941 bits per heavy atom. The van der Waals surface area contributed by atoms with Crippen LogP contribution in [0.15, 0.2) is 47.2 Å². The fraction of sp³-hybridized carbons (Fsp3) is 0.280. The maximum atomic E-state index is 12.6. The molecular formula is C25H24N2O5S2. The summed E-state index contributed by atoms with van der Waals surface area (Å²) in [6.45, 7) is 2.32. The number of imide groups is 1. The molecule has 9 heteroatoms. The van der Waals surface area contributed by atoms with Crippen molar-refractivity contribution in [1.29, 1.82) is 0 Å². The molecule has 0 spiro atoms. The standard InChI is InChI=1S/C25H24N2O5S2/c1-2-32-25(31)21-18(19-11-8-14-33-19)15-34-22(21)26-20(28)12-4-3-7-13-27-23(29)16-9-5-6-10-17(16)24(27)30/h5-6,8-11,14-15H,2-4,7,12-13H2,1H3,(H,26,28). The Morgan fingerprint density at radius 2 is 1.68 bits per heavy atom. The van der Waals surface area contributed by atoms with Crippen LogP contribution in [-0.4, -0.2) is 41.7 Å². The second-order valence-electron chi connectivity index (χ2n) is 7.72. The molecule has 3 heterocycles. The van der Waals surface area contributed by atoms with Crippen molar-refractivity contribution < 1.29 is 23.9 Å². The Labute approximate surface area is 205 Å². The number of thiophene rings is 2. The number of nitrogens with zero attached hydrogens (tertiary/aromatic N) is 1. The summed E-state index contributed by atoms with van der Waals surface area (Å²) in [6.07, 6.45) is 2.19. The minimum atomic E-state index is -0.455. The number of hydrogen-bond acceptors (Lipinski definition) is 7. The Balaban J connectivity index is 1.28. The minimum Gasteiger partial charge on any atom is -0.462 e. The molecule has 0 aliphatic carbocycles. The van der Waals surface area contributed by atoms with Crippen molar-refractivity contribution in [3.05, 3.63) is 63.8 Å². The molecule has 34 heavy (non-hydrogen) atoms. The molecule has 1 aromatic carbocycles. The lowest BCUT2D eigenvalue weighted by Gasteiger charge is -2.13. The Hall–Kier alpha value is -3.30. The summed E-state index contributed by atoms with van der Waals surface area (Å²) in [5.41, 5.74) is 2.03. The number of amides is 3. The summed E-state index contributed by atoms with van der Waals surface area (Å²) in [7, 11) is 0. The van der Waals surface area contributed by atoms with E-state index in [1.807, 2.05) is 22.9 Å². The van der Waals surface area contributed by atoms with Crippen molar-refractivity contribution in [3.63, 3.8) is 0 Å². The van der Waals surface area contributed by atoms with Crippen molar-refractivity contribution >= 4 is 51.4 Å². The van der Waals surface area contributed by atoms with Gasteiger partial charge in [-0.15, -0.1) is 22.7 Å². The van der Waals surface area contributed by atoms with Crippen LogP contribution in [0.4, 0.5) is 5.00 Å². The Morgan fingerprint density at radius 3 is 2.32 bits per heavy atom. The number of unbranched alkanes of at least 4 members (excludes halogenated alkanes) is 2. The average molecular weight is 497 g/mol. The lowest BCUT2D eigenvalue weighted by atomic mass is 10.1. The quantitative estimate of drug-likeness (QED) is 0.229. The first-order valence-electron chi connectivity index (χ1n) is 11.1. The number of esters is 1. The molecule has 0 saturated carbocycles. The average Bonchev–Trinajstić information content (AvgIpc) is 3.55. The summed E-state index contributed by atoms with van der Waals surface area (Å²) in [4.78, 5) is 52.1. The molecule has 1 N–H and O–H groups in total. The first-order chi connectivity index (χ1) is 16.5. The fourth-order valence-electron chi connectivity index (χ4n) is 3.83. The number of rotatable bonds is 10. The number of ether oxygens (including phenoxy) is 1. The van der Waals surface area contributed by atoms with E-state index < -0.39 is 5.97 Å². The molecule has 3 amide bonds. The van der Waals surface area contributed by atoms with Crippen LogP contribution in [0.1, 0.15) is 63.7 Å². The van der Waals surface area contributed by atoms with Crippen molar-refractivity contribution in [2.24, 2.45) is 0 Å². The highest BCUT2D eigenvalue weighted by Crippen LogP contribution is 2.38. The Bertz CT molecular complexity index is 1180. The summed E-state index contributed by atoms with van der Waals surface area (Å²) >= 11 is 2.82. The molecule has 0 bridgehead atoms. The molecule has 2 aromatic heterocycles. The summed E-state index contributed by atoms with van der Waals surface area (Å²) < 4.78 is 5.21. The van der Waals surface area contributed by atoms with Crippen LogP contribution in [0.25, 0.3) is 10.4 Å². The zero-order chi connectivity index (χ0) is 24.1. The molecule has 176 valence electrons. The molecule has 7 nitrogen and oxygen atoms in total. The van der Waals surface area contributed by atoms with Gasteiger partial charge >= 0.3 is 5.97 Å². The zero-order valence-electron chi connectivity index (χ0n) is 18.7. The zero-order valence-corrected chi connectivity index (χ0v) is 20.3. The molecule has 0 radical (unpaired) electrons. The molecular weight excluding hydrogens is 472 g/mol. The van der Waals surface area contributed by atoms with Gasteiger partial charge in [-0.25, -0.2) is 4.79 Å². The van der Waals surface area contributed by atoms with E-state index in [2.05, 4.69) is 5.32 Å². The highest BCUT2D eigenvalue weighted by molar-refractivity contribution is 7.17. The van der Waals surface area contributed by atoms with Crippen LogP contribution < -0.4 is 5.32 Å². The van der Waals surface area contributed by atoms with Crippen LogP contribution in [-0.2, 0) is 9.53 Å². The predicted octanol–water partition coefficient (Wildman–Crippen LogP) is 5.45. The van der Waals surface area contributed by atoms with Gasteiger partial charge in [0.05, 0.1) is 17.7 Å². The molecule has 0 fully saturated rings. The number of benzene rings is 1. The molecule has 1 aliphatic rings. The lowest BCUT2D eigenvalue weighted by Crippen LogP contribution is -2.30. The van der Waals surface area contributed by atoms with E-state index in [-0.39, 0.29) is 30.7 Å². The number of anilines is 1. The summed E-state index contributed by atoms with van der Waals surface area (Å²) in [5, 5.41) is 7.13. The summed E-state index contributed by atoms with van der Waals surface area (Å²) in [5.74, 6) is -1.16. The number of hydrogen-bond donors (Lipinski definition) is 1. The second-order valence-corrected chi connectivity index (χ2v) is 9.54. The molecule has 3 aromatic rings. The highest BCUT2D eigenvalue weighted by Gasteiger charge is 2.34. The van der Waals surface area contributed by atoms with Gasteiger partial charge < -0.3 is 10.1 Å². The number of nitrogens with one attached hydrogen (secondary N) is 1. The van der Waals surface area contributed by atoms with Crippen LogP contribution >= 0.6 is 22.7 Å². The SMILES string of the molecule is CCOC(=O)c1c(-c2cccs2)csc1NC(=O)CCCCCN1C(=O)c2ccccc2C1=O. The molecule has 0 unspecified atom stereocenters. The van der Waals surface area contributed by atoms with Gasteiger partial charge in [0, 0.05) is 28.8 Å². The third-order valence-corrected chi connectivity index (χ3v) is 7.27. The number of carbonyl (C=O) groups excluding carboxylic acids is 4. The van der Waals surface area contributed by atoms with Crippen LogP contribution in [0, 0.1) is 0 Å². The van der Waals surface area contributed by atoms with Crippen LogP contribution in [0.3, 0.4) is 0 Å². The first-order valence-corrected chi connectivity index (χ1v) is 12.8. The number of carbonyl (C=O) groups is 4. The molecule has 4 rings (SSSR count). The Kier molecular flexibility index (Phi) is 7.54. The lowest BCUT2D eigenvalue weighted by molar-refractivity contribution is -0.116. The van der Waals surface area contributed by atoms with Gasteiger partial charge in [0.2, 0.25) is 5.91 Å². The molecule has 0 saturated heterocycles. The van der Waals surface area contributed by atoms with Gasteiger partial charge in [0.1, 0.15) is 10.6 Å². The summed E-state index contributed by atoms with van der Waals surface area (Å²) in [6, 6.07) is 10.7. The monoisotopic (exact) mass is 496 g/mol. The van der Waals surface area contributed by atoms with Gasteiger partial charge in [0.15, 0.2) is 0 Å². The third kappa shape index (κ3) is 4.95. The molecule has 0 atom stereocenters. The van der Waals surface area contributed by atoms with Gasteiger partial charge in [-0.3, -0.25) is 19.3 Å². The molecule has 1 aliphatic heterocycles. The van der Waals surface area contributed by atoms with E-state index in [1.165, 1.54) is 27.6 Å². The second kappa shape index (κ2) is 10.8. The van der Waals surface area contributed by atoms with Crippen molar-refractivity contribution in [2.45, 2.75) is 32.6 Å². The van der Waals surface area contributed by atoms with Gasteiger partial charge in [-0.05, 0) is 43.3 Å². The van der Waals surface area contributed by atoms with Crippen LogP contribution in [0.2, 0.25) is 0 Å². The van der Waals surface area contributed by atoms with Crippen molar-refractivity contribution in [2.75, 3.05) is 18.5 Å². The third-order valence-electron chi connectivity index (χ3n) is 5.47. The van der Waals surface area contributed by atoms with E-state index in [0.717, 1.165) is 10.4 Å². The highest BCUT2D eigenvalue weighted by atomic mass is 32.1. The van der Waals surface area contributed by atoms with E-state index in [0.29, 0.717) is 47.5 Å². The minimum absolute atomic E-state index is 0.189. The van der Waals surface area contributed by atoms with E-state index in [1.54, 1.807) is 31.2 Å². The maximum absolute atomic E-state index is 12.6. The van der Waals surface area contributed by atoms with Gasteiger partial charge in [-0.1, -0.05) is 24.6 Å². The van der Waals surface area contributed by atoms with Crippen LogP contribution in [0.5, 0.6) is 0 Å². The van der Waals surface area contributed by atoms with E-state index in [4.69, 9.17) is 4.74 Å².